The van der Waals surface area contributed by atoms with Crippen LogP contribution in [0.2, 0.25) is 0 Å². The molecule has 1 heterocycles. The van der Waals surface area contributed by atoms with E-state index in [9.17, 15) is 18.0 Å². The van der Waals surface area contributed by atoms with E-state index in [0.717, 1.165) is 17.5 Å². The van der Waals surface area contributed by atoms with Crippen LogP contribution in [0.4, 0.5) is 16.2 Å². The Morgan fingerprint density at radius 2 is 1.95 bits per heavy atom. The van der Waals surface area contributed by atoms with E-state index in [1.807, 2.05) is 42.6 Å². The van der Waals surface area contributed by atoms with Crippen molar-refractivity contribution in [3.05, 3.63) is 53.6 Å². The van der Waals surface area contributed by atoms with Crippen molar-refractivity contribution in [2.75, 3.05) is 19.0 Å². The summed E-state index contributed by atoms with van der Waals surface area (Å²) in [5.74, 6) is 0.324. The van der Waals surface area contributed by atoms with E-state index in [1.54, 1.807) is 13.2 Å². The molecule has 0 bridgehead atoms. The molecule has 0 aromatic heterocycles. The van der Waals surface area contributed by atoms with Crippen LogP contribution in [0.25, 0.3) is 0 Å². The third-order valence-electron chi connectivity index (χ3n) is 5.86. The average molecular weight is 532 g/mol. The van der Waals surface area contributed by atoms with Crippen molar-refractivity contribution >= 4 is 39.8 Å². The van der Waals surface area contributed by atoms with Crippen molar-refractivity contribution in [1.82, 2.24) is 10.0 Å². The number of hydrogen-bond acceptors (Lipinski definition) is 7. The number of nitrogens with one attached hydrogen (secondary N) is 3. The van der Waals surface area contributed by atoms with Crippen LogP contribution in [0.15, 0.2) is 47.5 Å². The number of benzene rings is 2. The van der Waals surface area contributed by atoms with Gasteiger partial charge in [-0.15, -0.1) is 0 Å². The number of fused-ring (bicyclic) bond motifs is 1. The number of amides is 2. The van der Waals surface area contributed by atoms with Gasteiger partial charge in [-0.3, -0.25) is 9.79 Å². The first-order valence-corrected chi connectivity index (χ1v) is 13.5. The first-order chi connectivity index (χ1) is 17.7. The molecule has 200 valence electrons. The summed E-state index contributed by atoms with van der Waals surface area (Å²) in [4.78, 5) is 30.3. The lowest BCUT2D eigenvalue weighted by atomic mass is 9.93. The van der Waals surface area contributed by atoms with E-state index < -0.39 is 28.3 Å². The summed E-state index contributed by atoms with van der Waals surface area (Å²) in [6.07, 6.45) is 2.93. The Labute approximate surface area is 217 Å². The monoisotopic (exact) mass is 531 g/mol. The maximum atomic E-state index is 13.3. The van der Waals surface area contributed by atoms with Gasteiger partial charge in [0.25, 0.3) is 10.2 Å². The predicted octanol–water partition coefficient (Wildman–Crippen LogP) is 3.10. The number of nitrogens with two attached hydrogens (primary N) is 1. The average Bonchev–Trinajstić information content (AvgIpc) is 2.87. The largest absolute Gasteiger partial charge is 0.497 e. The van der Waals surface area contributed by atoms with Gasteiger partial charge < -0.3 is 20.1 Å². The van der Waals surface area contributed by atoms with Crippen LogP contribution in [0, 0.1) is 0 Å². The number of hydrogen-bond donors (Lipinski definition) is 4. The quantitative estimate of drug-likeness (QED) is 0.308. The smallest absolute Gasteiger partial charge is 0.408 e. The van der Waals surface area contributed by atoms with Gasteiger partial charge in [0.1, 0.15) is 18.4 Å². The van der Waals surface area contributed by atoms with Crippen LogP contribution >= 0.6 is 0 Å². The number of carbonyl (C=O) groups is 2. The lowest BCUT2D eigenvalue weighted by molar-refractivity contribution is -0.118. The van der Waals surface area contributed by atoms with E-state index >= 15 is 0 Å². The highest BCUT2D eigenvalue weighted by Gasteiger charge is 2.25. The lowest BCUT2D eigenvalue weighted by Gasteiger charge is -2.23. The van der Waals surface area contributed by atoms with Gasteiger partial charge in [0.2, 0.25) is 5.91 Å². The standard InChI is InChI=1S/C25H33N5O6S/c1-17-11-13-27-23-20(17)14-19(35-2)15-22(23)29-24(31)21(10-6-7-12-28-37(26,33)34)30-25(32)36-16-18-8-4-3-5-9-18/h3-5,8-9,13-15,17,21,28H,6-7,10-12,16H2,1-2H3,(H,29,31)(H,30,32)(H2,26,33,34)/t17-,21+/m1/s1. The van der Waals surface area contributed by atoms with Gasteiger partial charge in [-0.2, -0.15) is 8.42 Å². The summed E-state index contributed by atoms with van der Waals surface area (Å²) >= 11 is 0. The summed E-state index contributed by atoms with van der Waals surface area (Å²) in [6, 6.07) is 11.8. The molecule has 2 amide bonds. The molecule has 0 saturated heterocycles. The number of rotatable bonds is 12. The molecule has 0 radical (unpaired) electrons. The number of unbranched alkanes of at least 4 members (excludes halogenated alkanes) is 1. The second-order valence-electron chi connectivity index (χ2n) is 8.74. The number of alkyl carbamates (subject to hydrolysis) is 1. The van der Waals surface area contributed by atoms with Crippen molar-refractivity contribution in [2.24, 2.45) is 10.1 Å². The maximum absolute atomic E-state index is 13.3. The van der Waals surface area contributed by atoms with Gasteiger partial charge in [-0.1, -0.05) is 37.3 Å². The Balaban J connectivity index is 1.71. The fourth-order valence-corrected chi connectivity index (χ4v) is 4.30. The molecule has 0 aliphatic carbocycles. The molecule has 0 unspecified atom stereocenters. The predicted molar refractivity (Wildman–Crippen MR) is 141 cm³/mol. The van der Waals surface area contributed by atoms with Crippen molar-refractivity contribution in [2.45, 2.75) is 51.2 Å². The Morgan fingerprint density at radius 1 is 1.19 bits per heavy atom. The zero-order valence-electron chi connectivity index (χ0n) is 20.9. The molecule has 0 saturated carbocycles. The van der Waals surface area contributed by atoms with Gasteiger partial charge >= 0.3 is 6.09 Å². The first kappa shape index (κ1) is 28.1. The molecule has 5 N–H and O–H groups in total. The highest BCUT2D eigenvalue weighted by atomic mass is 32.2. The summed E-state index contributed by atoms with van der Waals surface area (Å²) in [7, 11) is -2.25. The Kier molecular flexibility index (Phi) is 10.0. The Hall–Kier alpha value is -3.48. The molecule has 2 atom stereocenters. The van der Waals surface area contributed by atoms with Crippen LogP contribution in [0.3, 0.4) is 0 Å². The lowest BCUT2D eigenvalue weighted by Crippen LogP contribution is -2.44. The van der Waals surface area contributed by atoms with Crippen molar-refractivity contribution in [3.63, 3.8) is 0 Å². The zero-order chi connectivity index (χ0) is 26.8. The fraction of sp³-hybridized carbons (Fsp3) is 0.400. The van der Waals surface area contributed by atoms with E-state index in [2.05, 4.69) is 27.3 Å². The molecule has 1 aliphatic rings. The molecule has 37 heavy (non-hydrogen) atoms. The van der Waals surface area contributed by atoms with Crippen LogP contribution in [-0.2, 0) is 26.3 Å². The van der Waals surface area contributed by atoms with Crippen molar-refractivity contribution in [1.29, 1.82) is 0 Å². The fourth-order valence-electron chi connectivity index (χ4n) is 3.87. The van der Waals surface area contributed by atoms with Crippen LogP contribution in [0.1, 0.15) is 49.7 Å². The highest BCUT2D eigenvalue weighted by Crippen LogP contribution is 2.41. The molecule has 1 aliphatic heterocycles. The number of methoxy groups -OCH3 is 1. The number of nitrogens with zero attached hydrogens (tertiary/aromatic N) is 1. The van der Waals surface area contributed by atoms with Gasteiger partial charge in [0.15, 0.2) is 0 Å². The first-order valence-electron chi connectivity index (χ1n) is 12.0. The van der Waals surface area contributed by atoms with Crippen LogP contribution in [0.5, 0.6) is 5.75 Å². The van der Waals surface area contributed by atoms with Crippen LogP contribution < -0.4 is 25.2 Å². The number of ether oxygens (including phenoxy) is 2. The summed E-state index contributed by atoms with van der Waals surface area (Å²) in [5, 5.41) is 10.5. The minimum atomic E-state index is -3.80. The van der Waals surface area contributed by atoms with Gasteiger partial charge in [0.05, 0.1) is 18.5 Å². The van der Waals surface area contributed by atoms with E-state index in [-0.39, 0.29) is 25.5 Å². The van der Waals surface area contributed by atoms with E-state index in [4.69, 9.17) is 14.6 Å². The third kappa shape index (κ3) is 8.85. The second-order valence-corrected chi connectivity index (χ2v) is 10.1. The number of aliphatic imine (C=N–C) groups is 1. The van der Waals surface area contributed by atoms with Gasteiger partial charge in [0, 0.05) is 18.8 Å². The zero-order valence-corrected chi connectivity index (χ0v) is 21.7. The number of carbonyl (C=O) groups excluding carboxylic acids is 2. The molecule has 0 fully saturated rings. The molecule has 2 aromatic carbocycles. The summed E-state index contributed by atoms with van der Waals surface area (Å²) in [5.41, 5.74) is 2.89. The van der Waals surface area contributed by atoms with Crippen molar-refractivity contribution < 1.29 is 27.5 Å². The molecule has 0 spiro atoms. The molecule has 3 rings (SSSR count). The molecule has 12 heteroatoms. The molecular weight excluding hydrogens is 498 g/mol. The minimum absolute atomic E-state index is 0.0509. The topological polar surface area (TPSA) is 161 Å². The Morgan fingerprint density at radius 3 is 2.65 bits per heavy atom. The highest BCUT2D eigenvalue weighted by molar-refractivity contribution is 7.87. The maximum Gasteiger partial charge on any atom is 0.408 e. The minimum Gasteiger partial charge on any atom is -0.497 e. The normalized spacial score (nSPS) is 15.4. The molecule has 2 aromatic rings. The van der Waals surface area contributed by atoms with E-state index in [0.29, 0.717) is 30.0 Å². The van der Waals surface area contributed by atoms with E-state index in [1.165, 1.54) is 0 Å². The van der Waals surface area contributed by atoms with Crippen LogP contribution in [-0.4, -0.2) is 46.3 Å². The third-order valence-corrected chi connectivity index (χ3v) is 6.47. The van der Waals surface area contributed by atoms with Gasteiger partial charge in [-0.05, 0) is 48.8 Å². The van der Waals surface area contributed by atoms with Gasteiger partial charge in [-0.25, -0.2) is 14.7 Å². The summed E-state index contributed by atoms with van der Waals surface area (Å²) in [6.45, 7) is 2.23. The molecular formula is C25H33N5O6S. The second kappa shape index (κ2) is 13.2. The SMILES string of the molecule is COc1cc(NC(=O)[C@H](CCCCNS(N)(=O)=O)NC(=O)OCc2ccccc2)c2c(c1)[C@H](C)CC=N2. The Bertz CT molecular complexity index is 1220. The summed E-state index contributed by atoms with van der Waals surface area (Å²) < 4.78 is 35.1. The number of anilines is 1. The molecule has 11 nitrogen and oxygen atoms in total. The van der Waals surface area contributed by atoms with Crippen molar-refractivity contribution in [3.8, 4) is 5.75 Å².